The van der Waals surface area contributed by atoms with Crippen LogP contribution >= 0.6 is 0 Å². The first kappa shape index (κ1) is 8.02. The second-order valence-corrected chi connectivity index (χ2v) is 3.32. The Hall–Kier alpha value is -0.0800. The molecule has 1 fully saturated rings. The van der Waals surface area contributed by atoms with Crippen molar-refractivity contribution in [3.63, 3.8) is 0 Å². The van der Waals surface area contributed by atoms with Crippen molar-refractivity contribution in [2.75, 3.05) is 26.8 Å². The molecule has 1 rings (SSSR count). The smallest absolute Gasteiger partial charge is 0.0502 e. The molecule has 2 nitrogen and oxygen atoms in total. The molecule has 0 aliphatic carbocycles. The molecule has 1 aliphatic heterocycles. The zero-order valence-electron chi connectivity index (χ0n) is 6.89. The van der Waals surface area contributed by atoms with Crippen molar-refractivity contribution >= 4 is 0 Å². The molecule has 0 radical (unpaired) electrons. The van der Waals surface area contributed by atoms with Crippen LogP contribution in [0.5, 0.6) is 0 Å². The highest BCUT2D eigenvalue weighted by Crippen LogP contribution is 2.15. The second kappa shape index (κ2) is 3.94. The highest BCUT2D eigenvalue weighted by atomic mass is 16.5. The molecular weight excluding hydrogens is 126 g/mol. The third-order valence-corrected chi connectivity index (χ3v) is 2.06. The maximum atomic E-state index is 5.09. The van der Waals surface area contributed by atoms with Crippen LogP contribution in [0.2, 0.25) is 0 Å². The number of nitrogens with one attached hydrogen (secondary N) is 1. The molecule has 0 aromatic heterocycles. The molecule has 1 heterocycles. The standard InChI is InChI=1S/C8H17NO/c1-7-3-8(6-10-2)5-9-4-7/h7-9H,3-6H2,1-2H3/t7-,8?/m1/s1. The Kier molecular flexibility index (Phi) is 3.16. The van der Waals surface area contributed by atoms with Gasteiger partial charge < -0.3 is 10.1 Å². The highest BCUT2D eigenvalue weighted by Gasteiger charge is 2.17. The molecule has 0 amide bonds. The Labute approximate surface area is 63.0 Å². The van der Waals surface area contributed by atoms with Gasteiger partial charge in [-0.1, -0.05) is 6.92 Å². The van der Waals surface area contributed by atoms with Gasteiger partial charge in [0.15, 0.2) is 0 Å². The van der Waals surface area contributed by atoms with Crippen molar-refractivity contribution in [3.8, 4) is 0 Å². The highest BCUT2D eigenvalue weighted by molar-refractivity contribution is 4.72. The molecule has 0 aromatic rings. The SMILES string of the molecule is COCC1CNC[C@H](C)C1. The minimum atomic E-state index is 0.744. The van der Waals surface area contributed by atoms with Gasteiger partial charge in [0.1, 0.15) is 0 Å². The molecule has 1 N–H and O–H groups in total. The minimum absolute atomic E-state index is 0.744. The monoisotopic (exact) mass is 143 g/mol. The van der Waals surface area contributed by atoms with Crippen LogP contribution in [0.15, 0.2) is 0 Å². The van der Waals surface area contributed by atoms with E-state index in [2.05, 4.69) is 12.2 Å². The number of hydrogen-bond donors (Lipinski definition) is 1. The van der Waals surface area contributed by atoms with Gasteiger partial charge in [0, 0.05) is 13.7 Å². The van der Waals surface area contributed by atoms with Crippen molar-refractivity contribution in [2.24, 2.45) is 11.8 Å². The van der Waals surface area contributed by atoms with Gasteiger partial charge in [0.25, 0.3) is 0 Å². The van der Waals surface area contributed by atoms with Crippen molar-refractivity contribution in [3.05, 3.63) is 0 Å². The fourth-order valence-electron chi connectivity index (χ4n) is 1.63. The van der Waals surface area contributed by atoms with Gasteiger partial charge in [-0.3, -0.25) is 0 Å². The maximum absolute atomic E-state index is 5.09. The summed E-state index contributed by atoms with van der Waals surface area (Å²) in [7, 11) is 1.78. The lowest BCUT2D eigenvalue weighted by Crippen LogP contribution is -2.36. The van der Waals surface area contributed by atoms with Gasteiger partial charge in [-0.05, 0) is 24.8 Å². The maximum Gasteiger partial charge on any atom is 0.0502 e. The Morgan fingerprint density at radius 1 is 1.50 bits per heavy atom. The summed E-state index contributed by atoms with van der Waals surface area (Å²) in [5, 5.41) is 3.39. The zero-order valence-corrected chi connectivity index (χ0v) is 6.89. The lowest BCUT2D eigenvalue weighted by atomic mass is 9.93. The number of ether oxygens (including phenoxy) is 1. The summed E-state index contributed by atoms with van der Waals surface area (Å²) < 4.78 is 5.09. The van der Waals surface area contributed by atoms with Crippen LogP contribution in [0.1, 0.15) is 13.3 Å². The van der Waals surface area contributed by atoms with E-state index in [0.717, 1.165) is 25.0 Å². The summed E-state index contributed by atoms with van der Waals surface area (Å²) in [4.78, 5) is 0. The summed E-state index contributed by atoms with van der Waals surface area (Å²) in [6, 6.07) is 0. The summed E-state index contributed by atoms with van der Waals surface area (Å²) >= 11 is 0. The van der Waals surface area contributed by atoms with Crippen LogP contribution in [0.25, 0.3) is 0 Å². The number of rotatable bonds is 2. The quantitative estimate of drug-likeness (QED) is 0.619. The van der Waals surface area contributed by atoms with E-state index in [4.69, 9.17) is 4.74 Å². The van der Waals surface area contributed by atoms with E-state index in [0.29, 0.717) is 0 Å². The lowest BCUT2D eigenvalue weighted by Gasteiger charge is -2.26. The predicted octanol–water partition coefficient (Wildman–Crippen LogP) is 0.878. The fourth-order valence-corrected chi connectivity index (χ4v) is 1.63. The summed E-state index contributed by atoms with van der Waals surface area (Å²) in [5.41, 5.74) is 0. The lowest BCUT2D eigenvalue weighted by molar-refractivity contribution is 0.125. The Morgan fingerprint density at radius 2 is 2.30 bits per heavy atom. The summed E-state index contributed by atoms with van der Waals surface area (Å²) in [6.07, 6.45) is 1.32. The molecule has 10 heavy (non-hydrogen) atoms. The molecule has 1 unspecified atom stereocenters. The average molecular weight is 143 g/mol. The molecule has 60 valence electrons. The Balaban J connectivity index is 2.18. The second-order valence-electron chi connectivity index (χ2n) is 3.32. The van der Waals surface area contributed by atoms with E-state index >= 15 is 0 Å². The average Bonchev–Trinajstić information content (AvgIpc) is 1.88. The van der Waals surface area contributed by atoms with E-state index in [1.54, 1.807) is 7.11 Å². The van der Waals surface area contributed by atoms with E-state index in [1.807, 2.05) is 0 Å². The van der Waals surface area contributed by atoms with E-state index in [9.17, 15) is 0 Å². The van der Waals surface area contributed by atoms with E-state index in [1.165, 1.54) is 13.0 Å². The zero-order chi connectivity index (χ0) is 7.40. The van der Waals surface area contributed by atoms with Crippen molar-refractivity contribution in [2.45, 2.75) is 13.3 Å². The third kappa shape index (κ3) is 2.27. The normalized spacial score (nSPS) is 34.2. The topological polar surface area (TPSA) is 21.3 Å². The van der Waals surface area contributed by atoms with Crippen LogP contribution in [-0.2, 0) is 4.74 Å². The first-order valence-electron chi connectivity index (χ1n) is 4.02. The molecule has 0 aromatic carbocycles. The summed E-state index contributed by atoms with van der Waals surface area (Å²) in [5.74, 6) is 1.57. The van der Waals surface area contributed by atoms with E-state index in [-0.39, 0.29) is 0 Å². The van der Waals surface area contributed by atoms with Gasteiger partial charge in [0.05, 0.1) is 6.61 Å². The van der Waals surface area contributed by atoms with Crippen LogP contribution in [-0.4, -0.2) is 26.8 Å². The number of methoxy groups -OCH3 is 1. The number of hydrogen-bond acceptors (Lipinski definition) is 2. The van der Waals surface area contributed by atoms with Crippen molar-refractivity contribution in [1.82, 2.24) is 5.32 Å². The fraction of sp³-hybridized carbons (Fsp3) is 1.00. The minimum Gasteiger partial charge on any atom is -0.384 e. The van der Waals surface area contributed by atoms with Crippen molar-refractivity contribution < 1.29 is 4.74 Å². The van der Waals surface area contributed by atoms with Gasteiger partial charge in [0.2, 0.25) is 0 Å². The molecule has 1 saturated heterocycles. The van der Waals surface area contributed by atoms with Gasteiger partial charge >= 0.3 is 0 Å². The molecular formula is C8H17NO. The summed E-state index contributed by atoms with van der Waals surface area (Å²) in [6.45, 7) is 5.52. The molecule has 2 heteroatoms. The molecule has 2 atom stereocenters. The molecule has 0 bridgehead atoms. The predicted molar refractivity (Wildman–Crippen MR) is 42.0 cm³/mol. The molecule has 1 aliphatic rings. The van der Waals surface area contributed by atoms with Gasteiger partial charge in [-0.25, -0.2) is 0 Å². The largest absolute Gasteiger partial charge is 0.384 e. The van der Waals surface area contributed by atoms with Crippen LogP contribution < -0.4 is 5.32 Å². The Morgan fingerprint density at radius 3 is 2.90 bits per heavy atom. The van der Waals surface area contributed by atoms with Crippen LogP contribution in [0.4, 0.5) is 0 Å². The molecule has 0 saturated carbocycles. The van der Waals surface area contributed by atoms with Gasteiger partial charge in [-0.15, -0.1) is 0 Å². The first-order valence-corrected chi connectivity index (χ1v) is 4.02. The molecule has 0 spiro atoms. The first-order chi connectivity index (χ1) is 4.83. The van der Waals surface area contributed by atoms with Crippen molar-refractivity contribution in [1.29, 1.82) is 0 Å². The third-order valence-electron chi connectivity index (χ3n) is 2.06. The van der Waals surface area contributed by atoms with Gasteiger partial charge in [-0.2, -0.15) is 0 Å². The van der Waals surface area contributed by atoms with Crippen LogP contribution in [0.3, 0.4) is 0 Å². The van der Waals surface area contributed by atoms with Crippen LogP contribution in [0, 0.1) is 11.8 Å². The van der Waals surface area contributed by atoms with E-state index < -0.39 is 0 Å². The Bertz CT molecular complexity index is 93.3. The number of piperidine rings is 1.